The van der Waals surface area contributed by atoms with Crippen molar-refractivity contribution in [1.29, 1.82) is 0 Å². The van der Waals surface area contributed by atoms with Crippen LogP contribution in [0.1, 0.15) is 239 Å². The fourth-order valence-corrected chi connectivity index (χ4v) is 7.93. The summed E-state index contributed by atoms with van der Waals surface area (Å²) in [5.41, 5.74) is 0. The van der Waals surface area contributed by atoms with E-state index in [9.17, 15) is 19.0 Å². The molecule has 0 aromatic carbocycles. The molecule has 1 N–H and O–H groups in total. The first-order chi connectivity index (χ1) is 29.5. The van der Waals surface area contributed by atoms with Crippen molar-refractivity contribution in [1.82, 2.24) is 0 Å². The van der Waals surface area contributed by atoms with E-state index in [-0.39, 0.29) is 26.1 Å². The number of quaternary nitrogens is 1. The molecule has 0 rings (SSSR count). The number of carbonyl (C=O) groups excluding carboxylic acids is 2. The molecule has 0 amide bonds. The molecule has 0 spiro atoms. The highest BCUT2D eigenvalue weighted by atomic mass is 31.2. The lowest BCUT2D eigenvalue weighted by atomic mass is 10.0. The summed E-state index contributed by atoms with van der Waals surface area (Å²) < 4.78 is 34.4. The molecule has 0 aromatic heterocycles. The van der Waals surface area contributed by atoms with Crippen LogP contribution in [0.3, 0.4) is 0 Å². The van der Waals surface area contributed by atoms with Crippen molar-refractivity contribution >= 4 is 19.8 Å². The molecule has 0 aliphatic rings. The Balaban J connectivity index is 4.22. The van der Waals surface area contributed by atoms with Gasteiger partial charge in [0.2, 0.25) is 0 Å². The number of ether oxygens (including phenoxy) is 2. The maximum absolute atomic E-state index is 12.7. The van der Waals surface area contributed by atoms with E-state index < -0.39 is 32.5 Å². The fourth-order valence-electron chi connectivity index (χ4n) is 7.19. The highest BCUT2D eigenvalue weighted by molar-refractivity contribution is 7.47. The van der Waals surface area contributed by atoms with Crippen molar-refractivity contribution < 1.29 is 42.1 Å². The van der Waals surface area contributed by atoms with E-state index in [4.69, 9.17) is 18.5 Å². The van der Waals surface area contributed by atoms with Crippen molar-refractivity contribution in [2.45, 2.75) is 245 Å². The second-order valence-corrected chi connectivity index (χ2v) is 20.0. The van der Waals surface area contributed by atoms with Gasteiger partial charge in [0, 0.05) is 12.8 Å². The molecule has 0 saturated carbocycles. The number of phosphoric acid groups is 1. The highest BCUT2D eigenvalue weighted by Gasteiger charge is 2.27. The van der Waals surface area contributed by atoms with Gasteiger partial charge in [-0.15, -0.1) is 0 Å². The van der Waals surface area contributed by atoms with Crippen LogP contribution in [0.25, 0.3) is 0 Å². The minimum absolute atomic E-state index is 0.0279. The number of esters is 2. The van der Waals surface area contributed by atoms with Gasteiger partial charge in [-0.3, -0.25) is 18.6 Å². The number of nitrogens with zero attached hydrogens (tertiary/aromatic N) is 1. The van der Waals surface area contributed by atoms with Gasteiger partial charge in [-0.2, -0.15) is 0 Å². The van der Waals surface area contributed by atoms with Crippen LogP contribution in [0.4, 0.5) is 0 Å². The first-order valence-electron chi connectivity index (χ1n) is 25.6. The van der Waals surface area contributed by atoms with Crippen LogP contribution < -0.4 is 0 Å². The molecular weight excluding hydrogens is 786 g/mol. The number of rotatable bonds is 47. The number of likely N-dealkylation sites (N-methyl/N-ethyl adjacent to an activating group) is 1. The van der Waals surface area contributed by atoms with E-state index in [1.165, 1.54) is 154 Å². The standard InChI is InChI=1S/C51H98NO8P/c1-6-8-10-12-14-16-18-20-22-23-24-25-26-27-28-29-30-32-33-35-37-39-41-43-50(53)57-47-49(48-59-61(55,56)58-46-45-52(3,4)5)60-51(54)44-42-40-38-36-34-31-21-19-17-15-13-11-9-7-2/h19,21,35,37,49H,6-18,20,22-34,36,38-48H2,1-5H3/p+1/b21-19+,37-35+/t49-/m0/s1. The van der Waals surface area contributed by atoms with Crippen LogP contribution in [0.2, 0.25) is 0 Å². The van der Waals surface area contributed by atoms with E-state index in [0.717, 1.165) is 44.9 Å². The lowest BCUT2D eigenvalue weighted by Crippen LogP contribution is -2.37. The Bertz CT molecular complexity index is 1090. The predicted molar refractivity (Wildman–Crippen MR) is 257 cm³/mol. The van der Waals surface area contributed by atoms with E-state index in [0.29, 0.717) is 23.9 Å². The van der Waals surface area contributed by atoms with E-state index >= 15 is 0 Å². The minimum atomic E-state index is -4.38. The molecule has 2 atom stereocenters. The summed E-state index contributed by atoms with van der Waals surface area (Å²) in [6, 6.07) is 0. The largest absolute Gasteiger partial charge is 0.472 e. The summed E-state index contributed by atoms with van der Waals surface area (Å²) in [7, 11) is 1.47. The Morgan fingerprint density at radius 3 is 1.26 bits per heavy atom. The number of hydrogen-bond donors (Lipinski definition) is 1. The second kappa shape index (κ2) is 43.7. The number of allylic oxidation sites excluding steroid dienone is 4. The van der Waals surface area contributed by atoms with Gasteiger partial charge >= 0.3 is 19.8 Å². The van der Waals surface area contributed by atoms with E-state index in [1.54, 1.807) is 0 Å². The number of carbonyl (C=O) groups is 2. The Morgan fingerprint density at radius 1 is 0.492 bits per heavy atom. The topological polar surface area (TPSA) is 108 Å². The van der Waals surface area contributed by atoms with Crippen LogP contribution in [0.15, 0.2) is 24.3 Å². The SMILES string of the molecule is CCCCCCC/C=C/CCCCCCCC(=O)O[C@@H](COC(=O)CCC/C=C/CCCCCCCCCCCCCCCCCCCC)COP(=O)(O)OCC[N+](C)(C)C. The van der Waals surface area contributed by atoms with Gasteiger partial charge in [0.05, 0.1) is 27.7 Å². The molecule has 0 heterocycles. The van der Waals surface area contributed by atoms with Crippen LogP contribution >= 0.6 is 7.82 Å². The Hall–Kier alpha value is -1.51. The third-order valence-corrected chi connectivity index (χ3v) is 12.2. The maximum atomic E-state index is 12.7. The summed E-state index contributed by atoms with van der Waals surface area (Å²) in [4.78, 5) is 35.5. The van der Waals surface area contributed by atoms with Crippen LogP contribution in [-0.4, -0.2) is 74.9 Å². The molecule has 0 aliphatic heterocycles. The zero-order valence-corrected chi connectivity index (χ0v) is 41.6. The van der Waals surface area contributed by atoms with Crippen molar-refractivity contribution in [3.8, 4) is 0 Å². The predicted octanol–water partition coefficient (Wildman–Crippen LogP) is 15.1. The zero-order valence-electron chi connectivity index (χ0n) is 40.7. The van der Waals surface area contributed by atoms with Crippen LogP contribution in [-0.2, 0) is 32.7 Å². The van der Waals surface area contributed by atoms with Gasteiger partial charge in [0.25, 0.3) is 0 Å². The summed E-state index contributed by atoms with van der Waals surface area (Å²) in [5, 5.41) is 0. The van der Waals surface area contributed by atoms with E-state index in [1.807, 2.05) is 21.1 Å². The lowest BCUT2D eigenvalue weighted by Gasteiger charge is -2.24. The Morgan fingerprint density at radius 2 is 0.852 bits per heavy atom. The van der Waals surface area contributed by atoms with Gasteiger partial charge in [-0.25, -0.2) is 4.57 Å². The van der Waals surface area contributed by atoms with Gasteiger partial charge in [0.15, 0.2) is 6.10 Å². The van der Waals surface area contributed by atoms with Gasteiger partial charge in [-0.05, 0) is 57.8 Å². The summed E-state index contributed by atoms with van der Waals surface area (Å²) in [5.74, 6) is -0.837. The second-order valence-electron chi connectivity index (χ2n) is 18.5. The van der Waals surface area contributed by atoms with Crippen molar-refractivity contribution in [3.05, 3.63) is 24.3 Å². The molecule has 0 fully saturated rings. The normalized spacial score (nSPS) is 13.6. The number of hydrogen-bond acceptors (Lipinski definition) is 7. The third kappa shape index (κ3) is 47.8. The molecule has 10 heteroatoms. The molecule has 0 radical (unpaired) electrons. The molecule has 360 valence electrons. The third-order valence-electron chi connectivity index (χ3n) is 11.2. The fraction of sp³-hybridized carbons (Fsp3) is 0.882. The summed E-state index contributed by atoms with van der Waals surface area (Å²) >= 11 is 0. The smallest absolute Gasteiger partial charge is 0.462 e. The average Bonchev–Trinajstić information content (AvgIpc) is 3.21. The molecule has 9 nitrogen and oxygen atoms in total. The minimum Gasteiger partial charge on any atom is -0.462 e. The molecule has 0 bridgehead atoms. The van der Waals surface area contributed by atoms with Gasteiger partial charge in [-0.1, -0.05) is 192 Å². The van der Waals surface area contributed by atoms with Gasteiger partial charge in [0.1, 0.15) is 19.8 Å². The summed E-state index contributed by atoms with van der Waals surface area (Å²) in [6.07, 6.45) is 49.6. The maximum Gasteiger partial charge on any atom is 0.472 e. The Kier molecular flexibility index (Phi) is 42.6. The molecule has 0 aliphatic carbocycles. The van der Waals surface area contributed by atoms with Crippen LogP contribution in [0, 0.1) is 0 Å². The molecule has 1 unspecified atom stereocenters. The zero-order chi connectivity index (χ0) is 45.0. The molecule has 0 aromatic rings. The average molecular weight is 885 g/mol. The quantitative estimate of drug-likeness (QED) is 0.0212. The van der Waals surface area contributed by atoms with Crippen molar-refractivity contribution in [2.75, 3.05) is 47.5 Å². The Labute approximate surface area is 377 Å². The molecular formula is C51H99NO8P+. The van der Waals surface area contributed by atoms with Gasteiger partial charge < -0.3 is 18.9 Å². The van der Waals surface area contributed by atoms with E-state index in [2.05, 4.69) is 38.2 Å². The first kappa shape index (κ1) is 59.5. The van der Waals surface area contributed by atoms with Crippen molar-refractivity contribution in [2.24, 2.45) is 0 Å². The molecule has 0 saturated heterocycles. The monoisotopic (exact) mass is 885 g/mol. The summed E-state index contributed by atoms with van der Waals surface area (Å²) in [6.45, 7) is 4.41. The number of phosphoric ester groups is 1. The molecule has 61 heavy (non-hydrogen) atoms. The van der Waals surface area contributed by atoms with Crippen LogP contribution in [0.5, 0.6) is 0 Å². The lowest BCUT2D eigenvalue weighted by molar-refractivity contribution is -0.870. The number of unbranched alkanes of at least 4 members (excludes halogenated alkanes) is 29. The highest BCUT2D eigenvalue weighted by Crippen LogP contribution is 2.43. The van der Waals surface area contributed by atoms with Crippen molar-refractivity contribution in [3.63, 3.8) is 0 Å². The first-order valence-corrected chi connectivity index (χ1v) is 27.1.